The molecule has 1 amide bonds. The number of ether oxygens (including phenoxy) is 3. The van der Waals surface area contributed by atoms with Gasteiger partial charge in [-0.15, -0.1) is 0 Å². The number of aryl methyl sites for hydroxylation is 2. The van der Waals surface area contributed by atoms with Crippen LogP contribution in [0, 0.1) is 6.92 Å². The summed E-state index contributed by atoms with van der Waals surface area (Å²) in [6, 6.07) is 10.3. The number of halogens is 2. The number of nitrogens with zero attached hydrogens (tertiary/aromatic N) is 3. The number of pyridine rings is 2. The summed E-state index contributed by atoms with van der Waals surface area (Å²) < 4.78 is 24.9. The highest BCUT2D eigenvalue weighted by Gasteiger charge is 2.37. The van der Waals surface area contributed by atoms with Crippen molar-refractivity contribution in [3.63, 3.8) is 0 Å². The fourth-order valence-corrected chi connectivity index (χ4v) is 7.06. The molecule has 2 heterocycles. The van der Waals surface area contributed by atoms with Crippen LogP contribution >= 0.6 is 23.2 Å². The van der Waals surface area contributed by atoms with Gasteiger partial charge in [-0.1, -0.05) is 56.1 Å². The molecule has 2 N–H and O–H groups in total. The summed E-state index contributed by atoms with van der Waals surface area (Å²) in [5.74, 6) is 0.827. The maximum absolute atomic E-state index is 14.6. The van der Waals surface area contributed by atoms with Crippen molar-refractivity contribution in [1.29, 1.82) is 0 Å². The highest BCUT2D eigenvalue weighted by Crippen LogP contribution is 2.46. The molecule has 0 aliphatic rings. The smallest absolute Gasteiger partial charge is 0.420 e. The average Bonchev–Trinajstić information content (AvgIpc) is 3.01. The van der Waals surface area contributed by atoms with Gasteiger partial charge in [0.1, 0.15) is 22.9 Å². The first-order valence-corrected chi connectivity index (χ1v) is 20.0. The molecule has 10 nitrogen and oxygen atoms in total. The minimum absolute atomic E-state index is 0.0263. The van der Waals surface area contributed by atoms with Gasteiger partial charge in [-0.25, -0.2) is 14.7 Å². The standard InChI is InChI=1S/C37H48Cl2N4O6Si/c1-22-14-12-15-25(40)33(22)43(35(45)49-36(2,3)4)29-19-26-23(21-41-29)18-24(30-31(38)27(46-8)20-28(47-9)32(30)39)34(44)42(26)16-13-17-48-50(10,11)37(5,6)7/h12,14-15,18-21H,13,16-17,40H2,1-11H3. The van der Waals surface area contributed by atoms with Crippen molar-refractivity contribution in [2.75, 3.05) is 31.5 Å². The second-order valence-corrected chi connectivity index (χ2v) is 20.3. The molecule has 0 fully saturated rings. The first kappa shape index (κ1) is 39.0. The molecule has 2 aromatic heterocycles. The lowest BCUT2D eigenvalue weighted by Crippen LogP contribution is -2.41. The van der Waals surface area contributed by atoms with Gasteiger partial charge in [-0.05, 0) is 69.9 Å². The van der Waals surface area contributed by atoms with Crippen LogP contribution in [-0.2, 0) is 15.7 Å². The third-order valence-electron chi connectivity index (χ3n) is 8.90. The monoisotopic (exact) mass is 742 g/mol. The zero-order valence-corrected chi connectivity index (χ0v) is 33.3. The normalized spacial score (nSPS) is 12.3. The predicted octanol–water partition coefficient (Wildman–Crippen LogP) is 9.76. The summed E-state index contributed by atoms with van der Waals surface area (Å²) in [5, 5.41) is 0.958. The quantitative estimate of drug-likeness (QED) is 0.0969. The Hall–Kier alpha value is -3.77. The molecular formula is C37H48Cl2N4O6Si. The van der Waals surface area contributed by atoms with E-state index in [2.05, 4.69) is 33.9 Å². The molecule has 0 unspecified atom stereocenters. The number of methoxy groups -OCH3 is 2. The fourth-order valence-electron chi connectivity index (χ4n) is 5.27. The lowest BCUT2D eigenvalue weighted by atomic mass is 10.0. The Labute approximate surface area is 305 Å². The van der Waals surface area contributed by atoms with Crippen molar-refractivity contribution in [3.8, 4) is 22.6 Å². The molecule has 0 spiro atoms. The molecule has 0 saturated heterocycles. The van der Waals surface area contributed by atoms with E-state index >= 15 is 0 Å². The molecule has 4 rings (SSSR count). The largest absolute Gasteiger partial charge is 0.495 e. The van der Waals surface area contributed by atoms with Gasteiger partial charge in [0.2, 0.25) is 0 Å². The lowest BCUT2D eigenvalue weighted by molar-refractivity contribution is 0.0598. The molecule has 0 saturated carbocycles. The lowest BCUT2D eigenvalue weighted by Gasteiger charge is -2.36. The first-order valence-electron chi connectivity index (χ1n) is 16.4. The van der Waals surface area contributed by atoms with E-state index in [0.29, 0.717) is 46.8 Å². The molecule has 50 heavy (non-hydrogen) atoms. The van der Waals surface area contributed by atoms with Crippen molar-refractivity contribution in [3.05, 3.63) is 68.6 Å². The number of fused-ring (bicyclic) bond motifs is 1. The highest BCUT2D eigenvalue weighted by molar-refractivity contribution is 6.74. The fraction of sp³-hybridized carbons (Fsp3) is 0.432. The maximum Gasteiger partial charge on any atom is 0.420 e. The van der Waals surface area contributed by atoms with Crippen molar-refractivity contribution in [2.45, 2.75) is 85.2 Å². The van der Waals surface area contributed by atoms with Crippen LogP contribution in [0.1, 0.15) is 53.5 Å². The van der Waals surface area contributed by atoms with E-state index in [9.17, 15) is 9.59 Å². The van der Waals surface area contributed by atoms with Crippen LogP contribution in [0.2, 0.25) is 28.2 Å². The molecule has 0 bridgehead atoms. The van der Waals surface area contributed by atoms with Gasteiger partial charge in [-0.2, -0.15) is 0 Å². The Kier molecular flexibility index (Phi) is 11.6. The SMILES string of the molecule is COc1cc(OC)c(Cl)c(-c2cc3cnc(N(C(=O)OC(C)(C)C)c4c(C)cccc4N)cc3n(CCCO[Si](C)(C)C(C)(C)C)c2=O)c1Cl. The number of carbonyl (C=O) groups is 1. The summed E-state index contributed by atoms with van der Waals surface area (Å²) in [5.41, 5.74) is 7.85. The van der Waals surface area contributed by atoms with Crippen LogP contribution in [-0.4, -0.2) is 50.4 Å². The van der Waals surface area contributed by atoms with Gasteiger partial charge in [-0.3, -0.25) is 4.79 Å². The van der Waals surface area contributed by atoms with Gasteiger partial charge in [0.05, 0.1) is 46.7 Å². The summed E-state index contributed by atoms with van der Waals surface area (Å²) in [6.07, 6.45) is 1.47. The van der Waals surface area contributed by atoms with Gasteiger partial charge < -0.3 is 28.9 Å². The zero-order chi connectivity index (χ0) is 37.3. The number of hydrogen-bond acceptors (Lipinski definition) is 8. The number of amides is 1. The van der Waals surface area contributed by atoms with E-state index < -0.39 is 20.0 Å². The van der Waals surface area contributed by atoms with Crippen LogP contribution in [0.15, 0.2) is 47.4 Å². The highest BCUT2D eigenvalue weighted by atomic mass is 35.5. The van der Waals surface area contributed by atoms with Crippen LogP contribution in [0.4, 0.5) is 22.0 Å². The Morgan fingerprint density at radius 2 is 1.62 bits per heavy atom. The Morgan fingerprint density at radius 3 is 2.16 bits per heavy atom. The van der Waals surface area contributed by atoms with Crippen LogP contribution in [0.5, 0.6) is 11.5 Å². The number of rotatable bonds is 10. The van der Waals surface area contributed by atoms with Crippen molar-refractivity contribution in [1.82, 2.24) is 9.55 Å². The van der Waals surface area contributed by atoms with Gasteiger partial charge in [0, 0.05) is 42.4 Å². The van der Waals surface area contributed by atoms with E-state index in [0.717, 1.165) is 5.56 Å². The average molecular weight is 744 g/mol. The summed E-state index contributed by atoms with van der Waals surface area (Å²) >= 11 is 13.6. The number of aromatic nitrogens is 2. The molecule has 0 radical (unpaired) electrons. The Morgan fingerprint density at radius 1 is 1.00 bits per heavy atom. The Bertz CT molecular complexity index is 1920. The number of hydrogen-bond donors (Lipinski definition) is 1. The first-order chi connectivity index (χ1) is 23.2. The second-order valence-electron chi connectivity index (χ2n) is 14.7. The van der Waals surface area contributed by atoms with Crippen molar-refractivity contribution in [2.24, 2.45) is 0 Å². The topological polar surface area (TPSA) is 118 Å². The number of carbonyl (C=O) groups excluding carboxylic acids is 1. The molecular weight excluding hydrogens is 695 g/mol. The molecule has 13 heteroatoms. The zero-order valence-electron chi connectivity index (χ0n) is 30.8. The third kappa shape index (κ3) is 8.06. The number of benzene rings is 2. The summed E-state index contributed by atoms with van der Waals surface area (Å²) in [7, 11) is 0.905. The van der Waals surface area contributed by atoms with Gasteiger partial charge >= 0.3 is 6.09 Å². The molecule has 0 aliphatic heterocycles. The van der Waals surface area contributed by atoms with E-state index in [4.69, 9.17) is 52.6 Å². The second kappa shape index (κ2) is 14.8. The number of para-hydroxylation sites is 1. The predicted molar refractivity (Wildman–Crippen MR) is 206 cm³/mol. The third-order valence-corrected chi connectivity index (χ3v) is 14.2. The van der Waals surface area contributed by atoms with Crippen LogP contribution in [0.3, 0.4) is 0 Å². The minimum Gasteiger partial charge on any atom is -0.495 e. The summed E-state index contributed by atoms with van der Waals surface area (Å²) in [6.45, 7) is 18.9. The maximum atomic E-state index is 14.6. The van der Waals surface area contributed by atoms with E-state index in [1.807, 2.05) is 19.1 Å². The molecule has 0 atom stereocenters. The minimum atomic E-state index is -2.04. The van der Waals surface area contributed by atoms with E-state index in [1.165, 1.54) is 19.1 Å². The number of nitrogens with two attached hydrogens (primary N) is 1. The van der Waals surface area contributed by atoms with Crippen LogP contribution in [0.25, 0.3) is 22.0 Å². The summed E-state index contributed by atoms with van der Waals surface area (Å²) in [4.78, 5) is 34.5. The van der Waals surface area contributed by atoms with Crippen molar-refractivity contribution >= 4 is 65.7 Å². The van der Waals surface area contributed by atoms with Crippen LogP contribution < -0.4 is 25.7 Å². The van der Waals surface area contributed by atoms with Gasteiger partial charge in [0.15, 0.2) is 8.32 Å². The molecule has 0 aliphatic carbocycles. The molecule has 4 aromatic rings. The van der Waals surface area contributed by atoms with Crippen molar-refractivity contribution < 1.29 is 23.4 Å². The van der Waals surface area contributed by atoms with Gasteiger partial charge in [0.25, 0.3) is 5.56 Å². The Balaban J connectivity index is 1.98. The van der Waals surface area contributed by atoms with E-state index in [-0.39, 0.29) is 44.1 Å². The number of anilines is 3. The molecule has 270 valence electrons. The molecule has 2 aromatic carbocycles. The van der Waals surface area contributed by atoms with E-state index in [1.54, 1.807) is 55.8 Å². The number of nitrogen functional groups attached to an aromatic ring is 1.